The Morgan fingerprint density at radius 2 is 2.29 bits per heavy atom. The van der Waals surface area contributed by atoms with Crippen LogP contribution in [0.15, 0.2) is 30.6 Å². The number of halogens is 1. The van der Waals surface area contributed by atoms with E-state index < -0.39 is 0 Å². The molecule has 0 spiro atoms. The number of imidazole rings is 1. The van der Waals surface area contributed by atoms with Crippen LogP contribution < -0.4 is 10.1 Å². The van der Waals surface area contributed by atoms with Crippen LogP contribution >= 0.6 is 0 Å². The summed E-state index contributed by atoms with van der Waals surface area (Å²) in [5, 5.41) is 2.94. The largest absolute Gasteiger partial charge is 0.497 e. The van der Waals surface area contributed by atoms with E-state index in [4.69, 9.17) is 4.74 Å². The first kappa shape index (κ1) is 11.4. The van der Waals surface area contributed by atoms with E-state index in [0.717, 1.165) is 6.54 Å². The highest BCUT2D eigenvalue weighted by atomic mass is 19.1. The fourth-order valence-electron chi connectivity index (χ4n) is 1.54. The highest BCUT2D eigenvalue weighted by Gasteiger charge is 2.07. The molecule has 0 aliphatic rings. The van der Waals surface area contributed by atoms with Crippen molar-refractivity contribution in [2.75, 3.05) is 12.4 Å². The van der Waals surface area contributed by atoms with Crippen LogP contribution in [0.25, 0.3) is 0 Å². The number of hydrogen-bond acceptors (Lipinski definition) is 3. The third-order valence-corrected chi connectivity index (χ3v) is 2.48. The minimum atomic E-state index is -0.337. The Kier molecular flexibility index (Phi) is 3.27. The van der Waals surface area contributed by atoms with E-state index in [1.165, 1.54) is 6.07 Å². The molecule has 0 aliphatic heterocycles. The molecule has 0 bridgehead atoms. The fourth-order valence-corrected chi connectivity index (χ4v) is 1.54. The minimum Gasteiger partial charge on any atom is -0.497 e. The molecule has 90 valence electrons. The maximum Gasteiger partial charge on any atom is 0.207 e. The summed E-state index contributed by atoms with van der Waals surface area (Å²) >= 11 is 0. The van der Waals surface area contributed by atoms with Gasteiger partial charge in [0.25, 0.3) is 0 Å². The van der Waals surface area contributed by atoms with Crippen molar-refractivity contribution >= 4 is 11.6 Å². The van der Waals surface area contributed by atoms with E-state index in [1.54, 1.807) is 25.4 Å². The van der Waals surface area contributed by atoms with E-state index in [2.05, 4.69) is 10.3 Å². The molecule has 1 aromatic heterocycles. The van der Waals surface area contributed by atoms with Gasteiger partial charge in [-0.2, -0.15) is 0 Å². The molecule has 0 unspecified atom stereocenters. The van der Waals surface area contributed by atoms with Crippen molar-refractivity contribution in [2.45, 2.75) is 13.5 Å². The molecule has 0 aliphatic carbocycles. The first-order valence-electron chi connectivity index (χ1n) is 5.36. The number of methoxy groups -OCH3 is 1. The molecule has 1 aromatic carbocycles. The van der Waals surface area contributed by atoms with Crippen LogP contribution in [0.4, 0.5) is 16.0 Å². The summed E-state index contributed by atoms with van der Waals surface area (Å²) in [4.78, 5) is 4.12. The molecule has 2 rings (SSSR count). The molecule has 5 heteroatoms. The average molecular weight is 235 g/mol. The second kappa shape index (κ2) is 4.86. The van der Waals surface area contributed by atoms with Crippen LogP contribution in [0, 0.1) is 5.82 Å². The number of ether oxygens (including phenoxy) is 1. The zero-order chi connectivity index (χ0) is 12.3. The van der Waals surface area contributed by atoms with Crippen LogP contribution in [0.2, 0.25) is 0 Å². The van der Waals surface area contributed by atoms with Gasteiger partial charge >= 0.3 is 0 Å². The van der Waals surface area contributed by atoms with Gasteiger partial charge in [0.15, 0.2) is 0 Å². The lowest BCUT2D eigenvalue weighted by atomic mass is 10.3. The standard InChI is InChI=1S/C12H14FN3O/c1-3-16-7-6-14-12(16)15-11-8-9(17-2)4-5-10(11)13/h4-8H,3H2,1-2H3,(H,14,15). The Bertz CT molecular complexity index is 510. The van der Waals surface area contributed by atoms with Crippen molar-refractivity contribution in [3.8, 4) is 5.75 Å². The Hall–Kier alpha value is -2.04. The van der Waals surface area contributed by atoms with Gasteiger partial charge in [0.1, 0.15) is 11.6 Å². The van der Waals surface area contributed by atoms with Gasteiger partial charge in [-0.15, -0.1) is 0 Å². The summed E-state index contributed by atoms with van der Waals surface area (Å²) in [5.41, 5.74) is 0.352. The lowest BCUT2D eigenvalue weighted by molar-refractivity contribution is 0.414. The number of nitrogens with zero attached hydrogens (tertiary/aromatic N) is 2. The highest BCUT2D eigenvalue weighted by Crippen LogP contribution is 2.23. The van der Waals surface area contributed by atoms with Gasteiger partial charge in [0.05, 0.1) is 12.8 Å². The van der Waals surface area contributed by atoms with Gasteiger partial charge < -0.3 is 14.6 Å². The number of rotatable bonds is 4. The normalized spacial score (nSPS) is 10.3. The molecule has 0 amide bonds. The van der Waals surface area contributed by atoms with E-state index in [9.17, 15) is 4.39 Å². The van der Waals surface area contributed by atoms with Crippen LogP contribution in [0.5, 0.6) is 5.75 Å². The number of aromatic nitrogens is 2. The molecule has 1 N–H and O–H groups in total. The molecule has 0 fully saturated rings. The van der Waals surface area contributed by atoms with E-state index >= 15 is 0 Å². The van der Waals surface area contributed by atoms with Crippen molar-refractivity contribution in [2.24, 2.45) is 0 Å². The summed E-state index contributed by atoms with van der Waals surface area (Å²) in [6.45, 7) is 2.77. The maximum absolute atomic E-state index is 13.6. The summed E-state index contributed by atoms with van der Waals surface area (Å²) < 4.78 is 20.5. The summed E-state index contributed by atoms with van der Waals surface area (Å²) in [6, 6.07) is 4.54. The predicted octanol–water partition coefficient (Wildman–Crippen LogP) is 2.79. The van der Waals surface area contributed by atoms with Crippen molar-refractivity contribution in [3.63, 3.8) is 0 Å². The van der Waals surface area contributed by atoms with Gasteiger partial charge in [-0.3, -0.25) is 0 Å². The Labute approximate surface area is 99.1 Å². The molecule has 1 heterocycles. The molecule has 0 saturated heterocycles. The number of hydrogen-bond donors (Lipinski definition) is 1. The number of aryl methyl sites for hydroxylation is 1. The van der Waals surface area contributed by atoms with Gasteiger partial charge in [0.2, 0.25) is 5.95 Å². The second-order valence-corrected chi connectivity index (χ2v) is 3.51. The van der Waals surface area contributed by atoms with Crippen LogP contribution in [-0.4, -0.2) is 16.7 Å². The van der Waals surface area contributed by atoms with Gasteiger partial charge in [-0.25, -0.2) is 9.37 Å². The first-order chi connectivity index (χ1) is 8.24. The summed E-state index contributed by atoms with van der Waals surface area (Å²) in [7, 11) is 1.55. The van der Waals surface area contributed by atoms with Crippen molar-refractivity contribution in [1.82, 2.24) is 9.55 Å². The molecule has 4 nitrogen and oxygen atoms in total. The number of benzene rings is 1. The number of anilines is 2. The average Bonchev–Trinajstić information content (AvgIpc) is 2.79. The molecule has 2 aromatic rings. The quantitative estimate of drug-likeness (QED) is 0.885. The first-order valence-corrected chi connectivity index (χ1v) is 5.36. The highest BCUT2D eigenvalue weighted by molar-refractivity contribution is 5.57. The lowest BCUT2D eigenvalue weighted by Gasteiger charge is -2.10. The second-order valence-electron chi connectivity index (χ2n) is 3.51. The Morgan fingerprint density at radius 3 is 3.00 bits per heavy atom. The zero-order valence-corrected chi connectivity index (χ0v) is 9.77. The summed E-state index contributed by atoms with van der Waals surface area (Å²) in [6.07, 6.45) is 3.50. The van der Waals surface area contributed by atoms with E-state index in [-0.39, 0.29) is 5.82 Å². The molecule has 17 heavy (non-hydrogen) atoms. The van der Waals surface area contributed by atoms with E-state index in [0.29, 0.717) is 17.4 Å². The number of nitrogens with one attached hydrogen (secondary N) is 1. The molecule has 0 radical (unpaired) electrons. The lowest BCUT2D eigenvalue weighted by Crippen LogP contribution is -2.03. The fraction of sp³-hybridized carbons (Fsp3) is 0.250. The monoisotopic (exact) mass is 235 g/mol. The van der Waals surface area contributed by atoms with Crippen molar-refractivity contribution < 1.29 is 9.13 Å². The van der Waals surface area contributed by atoms with Crippen molar-refractivity contribution in [1.29, 1.82) is 0 Å². The van der Waals surface area contributed by atoms with Crippen LogP contribution in [-0.2, 0) is 6.54 Å². The zero-order valence-electron chi connectivity index (χ0n) is 9.77. The maximum atomic E-state index is 13.6. The topological polar surface area (TPSA) is 39.1 Å². The molecular formula is C12H14FN3O. The Balaban J connectivity index is 2.29. The van der Waals surface area contributed by atoms with Crippen LogP contribution in [0.1, 0.15) is 6.92 Å². The van der Waals surface area contributed by atoms with E-state index in [1.807, 2.05) is 17.7 Å². The SMILES string of the molecule is CCn1ccnc1Nc1cc(OC)ccc1F. The minimum absolute atomic E-state index is 0.337. The van der Waals surface area contributed by atoms with Gasteiger partial charge in [0, 0.05) is 25.0 Å². The van der Waals surface area contributed by atoms with Crippen LogP contribution in [0.3, 0.4) is 0 Å². The van der Waals surface area contributed by atoms with Crippen molar-refractivity contribution in [3.05, 3.63) is 36.4 Å². The van der Waals surface area contributed by atoms with Gasteiger partial charge in [-0.05, 0) is 19.1 Å². The third kappa shape index (κ3) is 2.38. The summed E-state index contributed by atoms with van der Waals surface area (Å²) in [5.74, 6) is 0.875. The molecular weight excluding hydrogens is 221 g/mol. The predicted molar refractivity (Wildman–Crippen MR) is 64.1 cm³/mol. The van der Waals surface area contributed by atoms with Gasteiger partial charge in [-0.1, -0.05) is 0 Å². The Morgan fingerprint density at radius 1 is 1.47 bits per heavy atom. The smallest absolute Gasteiger partial charge is 0.207 e. The molecule has 0 atom stereocenters. The molecule has 0 saturated carbocycles. The third-order valence-electron chi connectivity index (χ3n) is 2.48.